The molecule has 0 heterocycles. The summed E-state index contributed by atoms with van der Waals surface area (Å²) in [5, 5.41) is 3.30. The van der Waals surface area contributed by atoms with Gasteiger partial charge < -0.3 is 14.8 Å². The van der Waals surface area contributed by atoms with Crippen LogP contribution in [0.15, 0.2) is 72.8 Å². The van der Waals surface area contributed by atoms with Gasteiger partial charge in [0.25, 0.3) is 5.91 Å². The molecule has 0 saturated heterocycles. The van der Waals surface area contributed by atoms with Crippen LogP contribution < -0.4 is 10.1 Å². The van der Waals surface area contributed by atoms with E-state index in [-0.39, 0.29) is 0 Å². The molecule has 0 fully saturated rings. The van der Waals surface area contributed by atoms with Crippen molar-refractivity contribution in [3.8, 4) is 11.5 Å². The van der Waals surface area contributed by atoms with E-state index < -0.39 is 18.5 Å². The van der Waals surface area contributed by atoms with Gasteiger partial charge in [0, 0.05) is 5.02 Å². The van der Waals surface area contributed by atoms with Crippen molar-refractivity contribution in [1.29, 1.82) is 0 Å². The van der Waals surface area contributed by atoms with Crippen molar-refractivity contribution in [1.82, 2.24) is 0 Å². The highest BCUT2D eigenvalue weighted by atomic mass is 35.5. The molecule has 7 heteroatoms. The highest BCUT2D eigenvalue weighted by Crippen LogP contribution is 2.25. The van der Waals surface area contributed by atoms with E-state index in [2.05, 4.69) is 5.32 Å². The standard InChI is InChI=1S/C21H15Cl2NO4/c22-15-8-11-18(23)19(12-15)24-20(25)13-27-21(26)14-6-9-17(10-7-14)28-16-4-2-1-3-5-16/h1-12H,13H2,(H,24,25). The minimum absolute atomic E-state index is 0.300. The lowest BCUT2D eigenvalue weighted by Gasteiger charge is -2.09. The number of benzene rings is 3. The molecule has 28 heavy (non-hydrogen) atoms. The van der Waals surface area contributed by atoms with Gasteiger partial charge >= 0.3 is 5.97 Å². The average molecular weight is 416 g/mol. The van der Waals surface area contributed by atoms with Gasteiger partial charge in [0.1, 0.15) is 11.5 Å². The summed E-state index contributed by atoms with van der Waals surface area (Å²) in [6.45, 7) is -0.454. The van der Waals surface area contributed by atoms with Crippen molar-refractivity contribution in [2.24, 2.45) is 0 Å². The van der Waals surface area contributed by atoms with Crippen molar-refractivity contribution in [2.75, 3.05) is 11.9 Å². The molecule has 0 aliphatic carbocycles. The number of ether oxygens (including phenoxy) is 2. The number of hydrogen-bond acceptors (Lipinski definition) is 4. The van der Waals surface area contributed by atoms with Crippen LogP contribution in [0.5, 0.6) is 11.5 Å². The Morgan fingerprint density at radius 2 is 1.54 bits per heavy atom. The fraction of sp³-hybridized carbons (Fsp3) is 0.0476. The van der Waals surface area contributed by atoms with Crippen LogP contribution >= 0.6 is 23.2 Å². The van der Waals surface area contributed by atoms with Crippen LogP contribution in [0.1, 0.15) is 10.4 Å². The Balaban J connectivity index is 1.53. The van der Waals surface area contributed by atoms with Crippen LogP contribution in [0, 0.1) is 0 Å². The number of para-hydroxylation sites is 1. The Kier molecular flexibility index (Phi) is 6.53. The molecule has 1 N–H and O–H groups in total. The molecule has 0 spiro atoms. The van der Waals surface area contributed by atoms with Crippen molar-refractivity contribution in [2.45, 2.75) is 0 Å². The second-order valence-electron chi connectivity index (χ2n) is 5.69. The number of carbonyl (C=O) groups excluding carboxylic acids is 2. The van der Waals surface area contributed by atoms with Gasteiger partial charge in [0.05, 0.1) is 16.3 Å². The zero-order chi connectivity index (χ0) is 19.9. The van der Waals surface area contributed by atoms with Gasteiger partial charge in [-0.25, -0.2) is 4.79 Å². The van der Waals surface area contributed by atoms with Gasteiger partial charge in [-0.05, 0) is 54.6 Å². The maximum Gasteiger partial charge on any atom is 0.338 e. The van der Waals surface area contributed by atoms with E-state index in [1.165, 1.54) is 6.07 Å². The molecule has 0 bridgehead atoms. The van der Waals surface area contributed by atoms with Crippen molar-refractivity contribution < 1.29 is 19.1 Å². The second-order valence-corrected chi connectivity index (χ2v) is 6.53. The molecule has 3 aromatic rings. The Morgan fingerprint density at radius 1 is 0.857 bits per heavy atom. The number of anilines is 1. The van der Waals surface area contributed by atoms with Crippen LogP contribution in [0.25, 0.3) is 0 Å². The third-order valence-electron chi connectivity index (χ3n) is 3.61. The summed E-state index contributed by atoms with van der Waals surface area (Å²) in [5.41, 5.74) is 0.645. The lowest BCUT2D eigenvalue weighted by molar-refractivity contribution is -0.119. The molecule has 1 amide bonds. The van der Waals surface area contributed by atoms with Gasteiger partial charge in [0.15, 0.2) is 6.61 Å². The van der Waals surface area contributed by atoms with Crippen molar-refractivity contribution in [3.05, 3.63) is 88.4 Å². The number of hydrogen-bond donors (Lipinski definition) is 1. The maximum absolute atomic E-state index is 12.1. The molecule has 5 nitrogen and oxygen atoms in total. The first-order valence-electron chi connectivity index (χ1n) is 8.26. The fourth-order valence-corrected chi connectivity index (χ4v) is 2.61. The van der Waals surface area contributed by atoms with Crippen molar-refractivity contribution >= 4 is 40.8 Å². The van der Waals surface area contributed by atoms with E-state index in [4.69, 9.17) is 32.7 Å². The van der Waals surface area contributed by atoms with E-state index in [1.807, 2.05) is 30.3 Å². The normalized spacial score (nSPS) is 10.2. The third kappa shape index (κ3) is 5.49. The minimum Gasteiger partial charge on any atom is -0.457 e. The molecular formula is C21H15Cl2NO4. The first kappa shape index (κ1) is 19.7. The molecule has 0 aliphatic rings. The Hall–Kier alpha value is -3.02. The molecule has 0 aliphatic heterocycles. The highest BCUT2D eigenvalue weighted by Gasteiger charge is 2.12. The minimum atomic E-state index is -0.626. The van der Waals surface area contributed by atoms with E-state index in [0.29, 0.717) is 32.8 Å². The molecule has 0 radical (unpaired) electrons. The average Bonchev–Trinajstić information content (AvgIpc) is 2.70. The van der Waals surface area contributed by atoms with E-state index in [9.17, 15) is 9.59 Å². The fourth-order valence-electron chi connectivity index (χ4n) is 2.28. The smallest absolute Gasteiger partial charge is 0.338 e. The predicted octanol–water partition coefficient (Wildman–Crippen LogP) is 5.58. The summed E-state index contributed by atoms with van der Waals surface area (Å²) >= 11 is 11.8. The van der Waals surface area contributed by atoms with Crippen LogP contribution in [0.3, 0.4) is 0 Å². The number of nitrogens with one attached hydrogen (secondary N) is 1. The van der Waals surface area contributed by atoms with Gasteiger partial charge in [-0.3, -0.25) is 4.79 Å². The van der Waals surface area contributed by atoms with Crippen LogP contribution in [-0.2, 0) is 9.53 Å². The highest BCUT2D eigenvalue weighted by molar-refractivity contribution is 6.35. The number of rotatable bonds is 6. The van der Waals surface area contributed by atoms with E-state index in [1.54, 1.807) is 36.4 Å². The maximum atomic E-state index is 12.1. The van der Waals surface area contributed by atoms with Crippen molar-refractivity contribution in [3.63, 3.8) is 0 Å². The monoisotopic (exact) mass is 415 g/mol. The van der Waals surface area contributed by atoms with Crippen LogP contribution in [0.4, 0.5) is 5.69 Å². The number of esters is 1. The molecule has 3 aromatic carbocycles. The van der Waals surface area contributed by atoms with E-state index in [0.717, 1.165) is 0 Å². The first-order valence-corrected chi connectivity index (χ1v) is 9.02. The molecule has 0 aromatic heterocycles. The van der Waals surface area contributed by atoms with Gasteiger partial charge in [0.2, 0.25) is 0 Å². The second kappa shape index (κ2) is 9.26. The zero-order valence-electron chi connectivity index (χ0n) is 14.5. The van der Waals surface area contributed by atoms with E-state index >= 15 is 0 Å². The molecule has 0 atom stereocenters. The zero-order valence-corrected chi connectivity index (χ0v) is 16.0. The summed E-state index contributed by atoms with van der Waals surface area (Å²) in [5.74, 6) is 0.116. The summed E-state index contributed by atoms with van der Waals surface area (Å²) in [7, 11) is 0. The summed E-state index contributed by atoms with van der Waals surface area (Å²) in [6.07, 6.45) is 0. The largest absolute Gasteiger partial charge is 0.457 e. The quantitative estimate of drug-likeness (QED) is 0.533. The lowest BCUT2D eigenvalue weighted by Crippen LogP contribution is -2.21. The summed E-state index contributed by atoms with van der Waals surface area (Å²) in [4.78, 5) is 24.1. The number of carbonyl (C=O) groups is 2. The Morgan fingerprint density at radius 3 is 2.25 bits per heavy atom. The van der Waals surface area contributed by atoms with Crippen LogP contribution in [0.2, 0.25) is 10.0 Å². The Bertz CT molecular complexity index is 975. The summed E-state index contributed by atoms with van der Waals surface area (Å²) in [6, 6.07) is 20.4. The molecule has 0 saturated carbocycles. The summed E-state index contributed by atoms with van der Waals surface area (Å²) < 4.78 is 10.7. The van der Waals surface area contributed by atoms with Gasteiger partial charge in [-0.2, -0.15) is 0 Å². The SMILES string of the molecule is O=C(COC(=O)c1ccc(Oc2ccccc2)cc1)Nc1cc(Cl)ccc1Cl. The molecule has 3 rings (SSSR count). The molecule has 0 unspecified atom stereocenters. The third-order valence-corrected chi connectivity index (χ3v) is 4.17. The Labute approximate surface area is 171 Å². The van der Waals surface area contributed by atoms with Gasteiger partial charge in [-0.15, -0.1) is 0 Å². The lowest BCUT2D eigenvalue weighted by atomic mass is 10.2. The van der Waals surface area contributed by atoms with Crippen LogP contribution in [-0.4, -0.2) is 18.5 Å². The van der Waals surface area contributed by atoms with Gasteiger partial charge in [-0.1, -0.05) is 41.4 Å². The predicted molar refractivity (Wildman–Crippen MR) is 108 cm³/mol. The number of halogens is 2. The first-order chi connectivity index (χ1) is 13.5. The topological polar surface area (TPSA) is 64.6 Å². The molecule has 142 valence electrons. The molecular weight excluding hydrogens is 401 g/mol. The number of amides is 1.